The molecule has 4 fully saturated rings. The average Bonchev–Trinajstić information content (AvgIpc) is 3.57. The Hall–Kier alpha value is -3.15. The monoisotopic (exact) mass is 921 g/mol. The van der Waals surface area contributed by atoms with Crippen molar-refractivity contribution in [2.75, 3.05) is 37.8 Å². The Morgan fingerprint density at radius 1 is 0.934 bits per heavy atom. The van der Waals surface area contributed by atoms with Crippen LogP contribution in [0.3, 0.4) is 0 Å². The number of hydrogen-bond donors (Lipinski definition) is 1. The quantitative estimate of drug-likeness (QED) is 0.0976. The van der Waals surface area contributed by atoms with Gasteiger partial charge in [0, 0.05) is 66.1 Å². The normalized spacial score (nSPS) is 23.1. The topological polar surface area (TPSA) is 157 Å². The van der Waals surface area contributed by atoms with Crippen LogP contribution in [-0.2, 0) is 38.5 Å². The number of thiophene rings is 1. The molecule has 0 spiro atoms. The number of nitrogens with zero attached hydrogens (tertiary/aromatic N) is 4. The third kappa shape index (κ3) is 10.6. The highest BCUT2D eigenvalue weighted by molar-refractivity contribution is 8.13. The van der Waals surface area contributed by atoms with E-state index < -0.39 is 50.0 Å². The van der Waals surface area contributed by atoms with Gasteiger partial charge in [-0.25, -0.2) is 4.98 Å². The molecule has 3 aliphatic heterocycles. The molecule has 3 saturated heterocycles. The summed E-state index contributed by atoms with van der Waals surface area (Å²) in [4.78, 5) is 74.3. The Labute approximate surface area is 367 Å². The fourth-order valence-electron chi connectivity index (χ4n) is 8.49. The smallest absolute Gasteiger partial charge is 0.340 e. The van der Waals surface area contributed by atoms with Crippen LogP contribution < -0.4 is 5.32 Å². The molecule has 1 aromatic carbocycles. The number of aromatic nitrogens is 2. The lowest BCUT2D eigenvalue weighted by Gasteiger charge is -2.43. The van der Waals surface area contributed by atoms with Crippen molar-refractivity contribution < 1.29 is 46.4 Å². The van der Waals surface area contributed by atoms with Crippen LogP contribution in [0.25, 0.3) is 10.1 Å². The Balaban J connectivity index is 1.03. The molecular formula is C42H54F2N5O8PS3. The number of alkyl halides is 2. The number of halogens is 2. The number of thioether (sulfide) groups is 2. The number of carbonyl (C=O) groups excluding carboxylic acids is 5. The second-order valence-corrected chi connectivity index (χ2v) is 22.8. The lowest BCUT2D eigenvalue weighted by atomic mass is 9.98. The number of hydrogen-bond acceptors (Lipinski definition) is 12. The van der Waals surface area contributed by atoms with E-state index in [1.807, 2.05) is 38.5 Å². The molecule has 1 aliphatic carbocycles. The molecule has 0 bridgehead atoms. The molecule has 0 radical (unpaired) electrons. The van der Waals surface area contributed by atoms with Crippen LogP contribution in [0, 0.1) is 23.7 Å². The molecule has 1 saturated carbocycles. The van der Waals surface area contributed by atoms with Gasteiger partial charge < -0.3 is 28.7 Å². The van der Waals surface area contributed by atoms with Crippen LogP contribution in [0.15, 0.2) is 43.0 Å². The van der Waals surface area contributed by atoms with Crippen LogP contribution >= 0.6 is 42.5 Å². The Bertz CT molecular complexity index is 2110. The van der Waals surface area contributed by atoms with E-state index >= 15 is 8.78 Å². The summed E-state index contributed by atoms with van der Waals surface area (Å²) in [5.74, 6) is 0.0619. The molecule has 7 rings (SSSR count). The lowest BCUT2D eigenvalue weighted by Crippen LogP contribution is -2.60. The maximum atomic E-state index is 16.4. The van der Waals surface area contributed by atoms with E-state index in [-0.39, 0.29) is 62.3 Å². The van der Waals surface area contributed by atoms with Gasteiger partial charge in [-0.05, 0) is 79.4 Å². The summed E-state index contributed by atoms with van der Waals surface area (Å²) in [6.45, 7) is 7.75. The molecule has 5 atom stereocenters. The van der Waals surface area contributed by atoms with Gasteiger partial charge >= 0.3 is 13.3 Å². The molecule has 3 aromatic rings. The van der Waals surface area contributed by atoms with E-state index in [0.717, 1.165) is 66.3 Å². The van der Waals surface area contributed by atoms with Crippen molar-refractivity contribution in [2.24, 2.45) is 23.7 Å². The summed E-state index contributed by atoms with van der Waals surface area (Å²) in [5.41, 5.74) is -4.78. The number of likely N-dealkylation sites (tertiary alicyclic amines) is 1. The van der Waals surface area contributed by atoms with Crippen molar-refractivity contribution in [3.05, 3.63) is 53.4 Å². The zero-order valence-electron chi connectivity index (χ0n) is 34.8. The summed E-state index contributed by atoms with van der Waals surface area (Å²) in [6.07, 6.45) is 9.46. The van der Waals surface area contributed by atoms with Crippen molar-refractivity contribution in [3.63, 3.8) is 0 Å². The number of carbonyl (C=O) groups is 5. The van der Waals surface area contributed by atoms with Gasteiger partial charge in [0.15, 0.2) is 10.2 Å². The fraction of sp³-hybridized carbons (Fsp3) is 0.619. The Morgan fingerprint density at radius 3 is 2.21 bits per heavy atom. The number of amides is 3. The first kappa shape index (κ1) is 45.9. The summed E-state index contributed by atoms with van der Waals surface area (Å²) >= 11 is 2.90. The lowest BCUT2D eigenvalue weighted by molar-refractivity contribution is -0.150. The number of nitrogens with one attached hydrogen (secondary N) is 1. The molecule has 0 unspecified atom stereocenters. The molecular weight excluding hydrogens is 868 g/mol. The zero-order chi connectivity index (χ0) is 43.6. The first-order chi connectivity index (χ1) is 29.0. The number of benzene rings is 1. The highest BCUT2D eigenvalue weighted by Crippen LogP contribution is 2.67. The summed E-state index contributed by atoms with van der Waals surface area (Å²) < 4.78 is 60.1. The van der Waals surface area contributed by atoms with Gasteiger partial charge in [-0.3, -0.25) is 28.5 Å². The highest BCUT2D eigenvalue weighted by atomic mass is 32.2. The number of fused-ring (bicyclic) bond motifs is 3. The maximum Gasteiger partial charge on any atom is 0.404 e. The van der Waals surface area contributed by atoms with Crippen molar-refractivity contribution in [1.29, 1.82) is 0 Å². The van der Waals surface area contributed by atoms with E-state index in [0.29, 0.717) is 60.7 Å². The van der Waals surface area contributed by atoms with Crippen molar-refractivity contribution in [3.8, 4) is 0 Å². The first-order valence-electron chi connectivity index (χ1n) is 21.0. The molecule has 19 heteroatoms. The Kier molecular flexibility index (Phi) is 14.5. The molecule has 332 valence electrons. The second kappa shape index (κ2) is 19.3. The van der Waals surface area contributed by atoms with Crippen molar-refractivity contribution >= 4 is 80.5 Å². The van der Waals surface area contributed by atoms with E-state index in [1.54, 1.807) is 22.3 Å². The van der Waals surface area contributed by atoms with Crippen LogP contribution in [0.4, 0.5) is 8.78 Å². The third-order valence-corrected chi connectivity index (χ3v) is 16.6. The maximum absolute atomic E-state index is 16.4. The molecule has 13 nitrogen and oxygen atoms in total. The Morgan fingerprint density at radius 2 is 1.59 bits per heavy atom. The molecule has 2 aromatic heterocycles. The minimum absolute atomic E-state index is 0.00917. The van der Waals surface area contributed by atoms with Crippen molar-refractivity contribution in [2.45, 2.75) is 102 Å². The molecule has 4 aliphatic rings. The van der Waals surface area contributed by atoms with Gasteiger partial charge in [0.1, 0.15) is 12.1 Å². The van der Waals surface area contributed by atoms with Crippen LogP contribution in [0.5, 0.6) is 0 Å². The molecule has 3 amide bonds. The molecule has 5 heterocycles. The third-order valence-electron chi connectivity index (χ3n) is 11.7. The summed E-state index contributed by atoms with van der Waals surface area (Å²) in [7, 11) is -5.22. The van der Waals surface area contributed by atoms with E-state index in [9.17, 15) is 28.5 Å². The fourth-order valence-corrected chi connectivity index (χ4v) is 12.9. The van der Waals surface area contributed by atoms with Crippen molar-refractivity contribution in [1.82, 2.24) is 24.7 Å². The summed E-state index contributed by atoms with van der Waals surface area (Å²) in [6, 6.07) is 3.77. The number of rotatable bonds is 18. The predicted octanol–water partition coefficient (Wildman–Crippen LogP) is 7.96. The SMILES string of the molecule is CC(C)CC(=O)SCCOP(=O)(OCCSC(=O)CC(C)C)C(F)(F)c1ccc2sc(C(=O)N[C@H]3C[C@H]4C[C@H]4C[C@H]4CC[C@@H](C(=O)N5CC(n6ccnc6)C5)N4C3=O)cc2c1. The minimum atomic E-state index is -5.22. The van der Waals surface area contributed by atoms with Gasteiger partial charge in [-0.2, -0.15) is 8.78 Å². The average molecular weight is 922 g/mol. The van der Waals surface area contributed by atoms with E-state index in [1.165, 1.54) is 12.1 Å². The van der Waals surface area contributed by atoms with Crippen LogP contribution in [-0.4, -0.2) is 103 Å². The predicted molar refractivity (Wildman–Crippen MR) is 233 cm³/mol. The first-order valence-corrected chi connectivity index (χ1v) is 25.4. The highest BCUT2D eigenvalue weighted by Gasteiger charge is 2.56. The van der Waals surface area contributed by atoms with Gasteiger partial charge in [0.05, 0.1) is 30.5 Å². The van der Waals surface area contributed by atoms with Gasteiger partial charge in [0.25, 0.3) is 5.91 Å². The van der Waals surface area contributed by atoms with Crippen LogP contribution in [0.1, 0.15) is 93.9 Å². The van der Waals surface area contributed by atoms with E-state index in [4.69, 9.17) is 9.05 Å². The molecule has 1 N–H and O–H groups in total. The largest absolute Gasteiger partial charge is 0.404 e. The zero-order valence-corrected chi connectivity index (χ0v) is 38.2. The van der Waals surface area contributed by atoms with Gasteiger partial charge in [-0.15, -0.1) is 11.3 Å². The van der Waals surface area contributed by atoms with Gasteiger partial charge in [0.2, 0.25) is 11.8 Å². The standard InChI is InChI=1S/C42H54F2N5O8PS3/c1-25(2)15-37(50)59-13-11-56-58(55,57-12-14-60-38(51)16-26(3)4)42(43,44)30-5-8-35-29(18-30)21-36(61-35)39(52)46-33-20-28-17-27(28)19-31-6-7-34(49(31)40(33)53)41(54)48-22-32(23-48)47-10-9-45-24-47/h5,8-10,18,21,24-28,31-34H,6-7,11-17,19-20,22-23H2,1-4H3,(H,46,52)/t27-,28+,31+,33-,34-/m0/s1. The molecule has 61 heavy (non-hydrogen) atoms. The van der Waals surface area contributed by atoms with Crippen LogP contribution in [0.2, 0.25) is 0 Å². The van der Waals surface area contributed by atoms with E-state index in [2.05, 4.69) is 10.3 Å². The second-order valence-electron chi connectivity index (χ2n) is 17.4. The minimum Gasteiger partial charge on any atom is -0.340 e. The van der Waals surface area contributed by atoms with Gasteiger partial charge in [-0.1, -0.05) is 57.3 Å². The number of imidazole rings is 1. The summed E-state index contributed by atoms with van der Waals surface area (Å²) in [5, 5.41) is 2.97.